The summed E-state index contributed by atoms with van der Waals surface area (Å²) < 4.78 is 5.79. The molecule has 1 aliphatic heterocycles. The third kappa shape index (κ3) is 3.46. The van der Waals surface area contributed by atoms with Crippen LogP contribution in [0.15, 0.2) is 24.3 Å². The highest BCUT2D eigenvalue weighted by Crippen LogP contribution is 2.43. The van der Waals surface area contributed by atoms with Gasteiger partial charge in [-0.3, -0.25) is 0 Å². The van der Waals surface area contributed by atoms with Crippen LogP contribution in [0, 0.1) is 0 Å². The summed E-state index contributed by atoms with van der Waals surface area (Å²) in [7, 11) is 0. The molecule has 0 aromatic heterocycles. The Kier molecular flexibility index (Phi) is 5.25. The summed E-state index contributed by atoms with van der Waals surface area (Å²) >= 11 is 2.12. The van der Waals surface area contributed by atoms with E-state index in [4.69, 9.17) is 4.74 Å². The first-order valence-corrected chi connectivity index (χ1v) is 9.40. The second-order valence-corrected chi connectivity index (χ2v) is 7.58. The largest absolute Gasteiger partial charge is 0.377 e. The van der Waals surface area contributed by atoms with Gasteiger partial charge in [0.05, 0.1) is 6.10 Å². The summed E-state index contributed by atoms with van der Waals surface area (Å²) in [5.41, 5.74) is 3.06. The molecule has 1 heterocycles. The van der Waals surface area contributed by atoms with Gasteiger partial charge in [0.25, 0.3) is 0 Å². The lowest BCUT2D eigenvalue weighted by Crippen LogP contribution is -2.36. The van der Waals surface area contributed by atoms with E-state index < -0.39 is 0 Å². The summed E-state index contributed by atoms with van der Waals surface area (Å²) in [6.07, 6.45) is 4.25. The normalized spacial score (nSPS) is 32.1. The predicted molar refractivity (Wildman–Crippen MR) is 91.1 cm³/mol. The summed E-state index contributed by atoms with van der Waals surface area (Å²) in [5.74, 6) is 1.82. The monoisotopic (exact) mass is 305 g/mol. The van der Waals surface area contributed by atoms with Gasteiger partial charge < -0.3 is 10.1 Å². The van der Waals surface area contributed by atoms with Crippen molar-refractivity contribution in [2.24, 2.45) is 0 Å². The van der Waals surface area contributed by atoms with Crippen LogP contribution in [-0.4, -0.2) is 30.3 Å². The Morgan fingerprint density at radius 1 is 1.29 bits per heavy atom. The zero-order chi connectivity index (χ0) is 14.7. The molecule has 0 radical (unpaired) electrons. The molecule has 2 nitrogen and oxygen atoms in total. The maximum absolute atomic E-state index is 5.79. The van der Waals surface area contributed by atoms with Crippen LogP contribution in [0.3, 0.4) is 0 Å². The van der Waals surface area contributed by atoms with Gasteiger partial charge in [-0.25, -0.2) is 0 Å². The summed E-state index contributed by atoms with van der Waals surface area (Å²) in [6.45, 7) is 6.58. The maximum atomic E-state index is 5.79. The Labute approximate surface area is 133 Å². The summed E-state index contributed by atoms with van der Waals surface area (Å²) in [6, 6.07) is 9.48. The van der Waals surface area contributed by atoms with E-state index in [-0.39, 0.29) is 0 Å². The molecular weight excluding hydrogens is 278 g/mol. The van der Waals surface area contributed by atoms with E-state index in [1.54, 1.807) is 0 Å². The zero-order valence-electron chi connectivity index (χ0n) is 13.2. The average molecular weight is 305 g/mol. The van der Waals surface area contributed by atoms with Gasteiger partial charge in [0.1, 0.15) is 0 Å². The van der Waals surface area contributed by atoms with Gasteiger partial charge in [-0.05, 0) is 42.9 Å². The molecule has 0 spiro atoms. The standard InChI is InChI=1S/C18H27NOS/c1-3-19-18-16-9-5-4-8-15(16)13(2)11-17(18)21-12-14-7-6-10-20-14/h4-5,8-9,13-14,17-19H,3,6-7,10-12H2,1-2H3. The molecule has 1 aromatic rings. The second kappa shape index (κ2) is 7.17. The minimum atomic E-state index is 0.491. The first-order chi connectivity index (χ1) is 10.3. The lowest BCUT2D eigenvalue weighted by molar-refractivity contribution is 0.128. The molecule has 116 valence electrons. The SMILES string of the molecule is CCNC1c2ccccc2C(C)CC1SCC1CCCO1. The zero-order valence-corrected chi connectivity index (χ0v) is 14.0. The number of thioether (sulfide) groups is 1. The molecule has 3 heteroatoms. The highest BCUT2D eigenvalue weighted by molar-refractivity contribution is 8.00. The first-order valence-electron chi connectivity index (χ1n) is 8.35. The lowest BCUT2D eigenvalue weighted by atomic mass is 9.80. The van der Waals surface area contributed by atoms with Crippen LogP contribution >= 0.6 is 11.8 Å². The number of rotatable bonds is 5. The van der Waals surface area contributed by atoms with Crippen LogP contribution in [0.1, 0.15) is 56.2 Å². The van der Waals surface area contributed by atoms with Gasteiger partial charge in [0.15, 0.2) is 0 Å². The van der Waals surface area contributed by atoms with Crippen molar-refractivity contribution in [3.05, 3.63) is 35.4 Å². The van der Waals surface area contributed by atoms with E-state index in [0.29, 0.717) is 23.3 Å². The van der Waals surface area contributed by atoms with Crippen molar-refractivity contribution in [2.45, 2.75) is 56.4 Å². The number of benzene rings is 1. The van der Waals surface area contributed by atoms with Crippen molar-refractivity contribution in [3.8, 4) is 0 Å². The number of hydrogen-bond acceptors (Lipinski definition) is 3. The Balaban J connectivity index is 1.73. The van der Waals surface area contributed by atoms with Crippen LogP contribution in [-0.2, 0) is 4.74 Å². The number of nitrogens with one attached hydrogen (secondary N) is 1. The highest BCUT2D eigenvalue weighted by Gasteiger charge is 2.33. The van der Waals surface area contributed by atoms with Crippen molar-refractivity contribution in [3.63, 3.8) is 0 Å². The van der Waals surface area contributed by atoms with Gasteiger partial charge in [0.2, 0.25) is 0 Å². The third-order valence-electron chi connectivity index (χ3n) is 4.76. The van der Waals surface area contributed by atoms with E-state index >= 15 is 0 Å². The first kappa shape index (κ1) is 15.4. The predicted octanol–water partition coefficient (Wildman–Crippen LogP) is 4.13. The van der Waals surface area contributed by atoms with Crippen molar-refractivity contribution in [2.75, 3.05) is 18.9 Å². The van der Waals surface area contributed by atoms with Crippen LogP contribution in [0.5, 0.6) is 0 Å². The van der Waals surface area contributed by atoms with Crippen LogP contribution in [0.2, 0.25) is 0 Å². The molecule has 4 atom stereocenters. The van der Waals surface area contributed by atoms with E-state index in [0.717, 1.165) is 18.9 Å². The van der Waals surface area contributed by atoms with Gasteiger partial charge in [-0.1, -0.05) is 38.1 Å². The average Bonchev–Trinajstić information content (AvgIpc) is 3.02. The van der Waals surface area contributed by atoms with Crippen molar-refractivity contribution >= 4 is 11.8 Å². The van der Waals surface area contributed by atoms with E-state index in [2.05, 4.69) is 55.2 Å². The number of hydrogen-bond donors (Lipinski definition) is 1. The topological polar surface area (TPSA) is 21.3 Å². The minimum Gasteiger partial charge on any atom is -0.377 e. The van der Waals surface area contributed by atoms with Crippen LogP contribution < -0.4 is 5.32 Å². The summed E-state index contributed by atoms with van der Waals surface area (Å²) in [5, 5.41) is 4.39. The van der Waals surface area contributed by atoms with Crippen LogP contribution in [0.25, 0.3) is 0 Å². The second-order valence-electron chi connectivity index (χ2n) is 6.31. The molecule has 1 fully saturated rings. The molecule has 1 aromatic carbocycles. The molecule has 0 saturated carbocycles. The van der Waals surface area contributed by atoms with E-state index in [1.807, 2.05) is 0 Å². The Bertz CT molecular complexity index is 458. The quantitative estimate of drug-likeness (QED) is 0.884. The Hall–Kier alpha value is -0.510. The molecular formula is C18H27NOS. The van der Waals surface area contributed by atoms with Gasteiger partial charge in [0, 0.05) is 23.7 Å². The molecule has 1 aliphatic carbocycles. The Morgan fingerprint density at radius 3 is 2.81 bits per heavy atom. The molecule has 3 rings (SSSR count). The van der Waals surface area contributed by atoms with E-state index in [9.17, 15) is 0 Å². The molecule has 4 unspecified atom stereocenters. The highest BCUT2D eigenvalue weighted by atomic mass is 32.2. The molecule has 21 heavy (non-hydrogen) atoms. The molecule has 1 saturated heterocycles. The number of ether oxygens (including phenoxy) is 1. The molecule has 0 bridgehead atoms. The third-order valence-corrected chi connectivity index (χ3v) is 6.22. The lowest BCUT2D eigenvalue weighted by Gasteiger charge is -2.37. The summed E-state index contributed by atoms with van der Waals surface area (Å²) in [4.78, 5) is 0. The minimum absolute atomic E-state index is 0.491. The van der Waals surface area contributed by atoms with Gasteiger partial charge >= 0.3 is 0 Å². The van der Waals surface area contributed by atoms with Gasteiger partial charge in [-0.15, -0.1) is 0 Å². The molecule has 0 amide bonds. The molecule has 2 aliphatic rings. The number of fused-ring (bicyclic) bond motifs is 1. The van der Waals surface area contributed by atoms with E-state index in [1.165, 1.54) is 30.4 Å². The Morgan fingerprint density at radius 2 is 2.10 bits per heavy atom. The fraction of sp³-hybridized carbons (Fsp3) is 0.667. The fourth-order valence-corrected chi connectivity index (χ4v) is 5.27. The smallest absolute Gasteiger partial charge is 0.0666 e. The van der Waals surface area contributed by atoms with Gasteiger partial charge in [-0.2, -0.15) is 11.8 Å². The van der Waals surface area contributed by atoms with Crippen molar-refractivity contribution in [1.29, 1.82) is 0 Å². The van der Waals surface area contributed by atoms with Crippen molar-refractivity contribution < 1.29 is 4.74 Å². The van der Waals surface area contributed by atoms with Crippen molar-refractivity contribution in [1.82, 2.24) is 5.32 Å². The fourth-order valence-electron chi connectivity index (χ4n) is 3.69. The molecule has 1 N–H and O–H groups in total. The maximum Gasteiger partial charge on any atom is 0.0666 e. The van der Waals surface area contributed by atoms with Crippen LogP contribution in [0.4, 0.5) is 0 Å².